The van der Waals surface area contributed by atoms with Crippen LogP contribution >= 0.6 is 0 Å². The van der Waals surface area contributed by atoms with E-state index in [2.05, 4.69) is 6.92 Å². The highest BCUT2D eigenvalue weighted by Crippen LogP contribution is 2.21. The quantitative estimate of drug-likeness (QED) is 0.868. The molecule has 5 heteroatoms. The first-order valence-electron chi connectivity index (χ1n) is 8.49. The number of ether oxygens (including phenoxy) is 1. The Kier molecular flexibility index (Phi) is 7.75. The van der Waals surface area contributed by atoms with Gasteiger partial charge in [0.1, 0.15) is 5.60 Å². The average molecular weight is 335 g/mol. The summed E-state index contributed by atoms with van der Waals surface area (Å²) in [7, 11) is 0. The summed E-state index contributed by atoms with van der Waals surface area (Å²) in [5, 5.41) is 8.38. The minimum atomic E-state index is -0.879. The van der Waals surface area contributed by atoms with E-state index in [9.17, 15) is 9.59 Å². The lowest BCUT2D eigenvalue weighted by atomic mass is 9.96. The second kappa shape index (κ2) is 9.30. The number of likely N-dealkylation sites (tertiary alicyclic amines) is 1. The van der Waals surface area contributed by atoms with E-state index in [4.69, 9.17) is 9.84 Å². The van der Waals surface area contributed by atoms with Gasteiger partial charge in [-0.3, -0.25) is 0 Å². The Morgan fingerprint density at radius 1 is 1.25 bits per heavy atom. The molecule has 1 unspecified atom stereocenters. The highest BCUT2D eigenvalue weighted by molar-refractivity contribution is 5.87. The molecule has 1 aromatic rings. The Morgan fingerprint density at radius 2 is 1.88 bits per heavy atom. The molecule has 0 aliphatic carbocycles. The van der Waals surface area contributed by atoms with Crippen molar-refractivity contribution in [3.63, 3.8) is 0 Å². The molecule has 2 rings (SSSR count). The largest absolute Gasteiger partial charge is 0.478 e. The number of carboxylic acids is 1. The Balaban J connectivity index is 0.000000272. The van der Waals surface area contributed by atoms with Crippen LogP contribution in [0.4, 0.5) is 4.79 Å². The topological polar surface area (TPSA) is 66.8 Å². The average Bonchev–Trinajstić information content (AvgIpc) is 2.55. The zero-order valence-corrected chi connectivity index (χ0v) is 15.1. The fraction of sp³-hybridized carbons (Fsp3) is 0.579. The molecule has 1 fully saturated rings. The summed E-state index contributed by atoms with van der Waals surface area (Å²) in [6, 6.07) is 8.30. The number of carboxylic acid groups (broad SMARTS) is 1. The van der Waals surface area contributed by atoms with Crippen LogP contribution in [0.3, 0.4) is 0 Å². The van der Waals surface area contributed by atoms with Crippen molar-refractivity contribution < 1.29 is 19.4 Å². The number of benzene rings is 1. The molecule has 0 radical (unpaired) electrons. The van der Waals surface area contributed by atoms with Crippen LogP contribution in [0.1, 0.15) is 57.3 Å². The maximum Gasteiger partial charge on any atom is 0.410 e. The lowest BCUT2D eigenvalue weighted by Gasteiger charge is -2.33. The fourth-order valence-corrected chi connectivity index (χ4v) is 2.47. The molecular weight excluding hydrogens is 306 g/mol. The number of hydrogen-bond acceptors (Lipinski definition) is 3. The lowest BCUT2D eigenvalue weighted by molar-refractivity contribution is 0.0164. The number of nitrogens with zero attached hydrogens (tertiary/aromatic N) is 1. The smallest absolute Gasteiger partial charge is 0.410 e. The van der Waals surface area contributed by atoms with E-state index in [0.717, 1.165) is 25.9 Å². The summed E-state index contributed by atoms with van der Waals surface area (Å²) in [6.45, 7) is 9.63. The van der Waals surface area contributed by atoms with Gasteiger partial charge in [-0.2, -0.15) is 0 Å². The number of carbonyl (C=O) groups excluding carboxylic acids is 1. The van der Waals surface area contributed by atoms with Gasteiger partial charge in [-0.25, -0.2) is 9.59 Å². The molecule has 1 atom stereocenters. The van der Waals surface area contributed by atoms with E-state index < -0.39 is 5.97 Å². The Morgan fingerprint density at radius 3 is 2.33 bits per heavy atom. The van der Waals surface area contributed by atoms with Gasteiger partial charge < -0.3 is 14.7 Å². The van der Waals surface area contributed by atoms with Crippen LogP contribution in [0.5, 0.6) is 0 Å². The van der Waals surface area contributed by atoms with Crippen molar-refractivity contribution in [3.8, 4) is 0 Å². The van der Waals surface area contributed by atoms with Gasteiger partial charge in [0, 0.05) is 13.1 Å². The van der Waals surface area contributed by atoms with Gasteiger partial charge in [0.2, 0.25) is 0 Å². The van der Waals surface area contributed by atoms with Gasteiger partial charge in [0.05, 0.1) is 5.56 Å². The third kappa shape index (κ3) is 7.49. The lowest BCUT2D eigenvalue weighted by Crippen LogP contribution is -2.42. The van der Waals surface area contributed by atoms with Crippen LogP contribution in [-0.4, -0.2) is 40.8 Å². The Hall–Kier alpha value is -2.04. The summed E-state index contributed by atoms with van der Waals surface area (Å²) in [4.78, 5) is 23.8. The molecule has 1 aliphatic heterocycles. The van der Waals surface area contributed by atoms with Crippen molar-refractivity contribution >= 4 is 12.1 Å². The van der Waals surface area contributed by atoms with E-state index in [1.165, 1.54) is 6.42 Å². The van der Waals surface area contributed by atoms with E-state index in [1.807, 2.05) is 25.7 Å². The van der Waals surface area contributed by atoms with Crippen molar-refractivity contribution in [1.82, 2.24) is 4.90 Å². The molecule has 1 N–H and O–H groups in total. The Labute approximate surface area is 144 Å². The van der Waals surface area contributed by atoms with Crippen molar-refractivity contribution in [2.24, 2.45) is 5.92 Å². The number of hydrogen-bond donors (Lipinski definition) is 1. The monoisotopic (exact) mass is 335 g/mol. The molecule has 0 aromatic heterocycles. The summed E-state index contributed by atoms with van der Waals surface area (Å²) in [6.07, 6.45) is 3.35. The first kappa shape index (κ1) is 20.0. The number of carbonyl (C=O) groups is 2. The summed E-state index contributed by atoms with van der Waals surface area (Å²) in [5.74, 6) is -0.220. The van der Waals surface area contributed by atoms with Crippen LogP contribution < -0.4 is 0 Å². The number of rotatable bonds is 2. The summed E-state index contributed by atoms with van der Waals surface area (Å²) in [5.41, 5.74) is -0.0477. The van der Waals surface area contributed by atoms with E-state index in [-0.39, 0.29) is 11.7 Å². The molecule has 0 saturated carbocycles. The van der Waals surface area contributed by atoms with E-state index >= 15 is 0 Å². The van der Waals surface area contributed by atoms with Gasteiger partial charge in [0.15, 0.2) is 0 Å². The standard InChI is InChI=1S/C12H23NO2.C7H6O2/c1-5-10-7-6-8-13(9-10)11(14)15-12(2,3)4;8-7(9)6-4-2-1-3-5-6/h10H,5-9H2,1-4H3;1-5H,(H,8,9). The molecule has 0 bridgehead atoms. The van der Waals surface area contributed by atoms with Crippen molar-refractivity contribution in [2.45, 2.75) is 52.6 Å². The van der Waals surface area contributed by atoms with E-state index in [1.54, 1.807) is 30.3 Å². The van der Waals surface area contributed by atoms with Crippen molar-refractivity contribution in [3.05, 3.63) is 35.9 Å². The fourth-order valence-electron chi connectivity index (χ4n) is 2.47. The number of aromatic carboxylic acids is 1. The number of amides is 1. The predicted molar refractivity (Wildman–Crippen MR) is 94.2 cm³/mol. The maximum absolute atomic E-state index is 11.8. The third-order valence-electron chi connectivity index (χ3n) is 3.77. The van der Waals surface area contributed by atoms with Crippen molar-refractivity contribution in [1.29, 1.82) is 0 Å². The summed E-state index contributed by atoms with van der Waals surface area (Å²) < 4.78 is 5.36. The van der Waals surface area contributed by atoms with Crippen LogP contribution in [0.15, 0.2) is 30.3 Å². The highest BCUT2D eigenvalue weighted by atomic mass is 16.6. The van der Waals surface area contributed by atoms with Crippen LogP contribution in [0, 0.1) is 5.92 Å². The molecule has 24 heavy (non-hydrogen) atoms. The van der Waals surface area contributed by atoms with Crippen LogP contribution in [0.2, 0.25) is 0 Å². The molecule has 134 valence electrons. The molecule has 1 heterocycles. The first-order chi connectivity index (χ1) is 11.2. The maximum atomic E-state index is 11.8. The molecule has 1 amide bonds. The highest BCUT2D eigenvalue weighted by Gasteiger charge is 2.26. The minimum Gasteiger partial charge on any atom is -0.478 e. The molecule has 0 spiro atoms. The van der Waals surface area contributed by atoms with Gasteiger partial charge in [-0.1, -0.05) is 31.5 Å². The molecule has 1 saturated heterocycles. The van der Waals surface area contributed by atoms with Crippen LogP contribution in [-0.2, 0) is 4.74 Å². The first-order valence-corrected chi connectivity index (χ1v) is 8.49. The number of piperidine rings is 1. The Bertz CT molecular complexity index is 522. The SMILES string of the molecule is CCC1CCCN(C(=O)OC(C)(C)C)C1.O=C(O)c1ccccc1. The summed E-state index contributed by atoms with van der Waals surface area (Å²) >= 11 is 0. The second-order valence-electron chi connectivity index (χ2n) is 7.01. The molecule has 1 aromatic carbocycles. The zero-order chi connectivity index (χ0) is 18.2. The van der Waals surface area contributed by atoms with Gasteiger partial charge in [-0.05, 0) is 51.7 Å². The predicted octanol–water partition coefficient (Wildman–Crippen LogP) is 4.43. The zero-order valence-electron chi connectivity index (χ0n) is 15.1. The molecule has 5 nitrogen and oxygen atoms in total. The second-order valence-corrected chi connectivity index (χ2v) is 7.01. The van der Waals surface area contributed by atoms with Gasteiger partial charge >= 0.3 is 12.1 Å². The molecule has 1 aliphatic rings. The molecular formula is C19H29NO4. The van der Waals surface area contributed by atoms with Gasteiger partial charge in [0.25, 0.3) is 0 Å². The third-order valence-corrected chi connectivity index (χ3v) is 3.77. The normalized spacial score (nSPS) is 17.5. The van der Waals surface area contributed by atoms with Crippen LogP contribution in [0.25, 0.3) is 0 Å². The van der Waals surface area contributed by atoms with E-state index in [0.29, 0.717) is 11.5 Å². The van der Waals surface area contributed by atoms with Crippen molar-refractivity contribution in [2.75, 3.05) is 13.1 Å². The van der Waals surface area contributed by atoms with Gasteiger partial charge in [-0.15, -0.1) is 0 Å². The minimum absolute atomic E-state index is 0.152.